The van der Waals surface area contributed by atoms with Crippen LogP contribution < -0.4 is 0 Å². The quantitative estimate of drug-likeness (QED) is 0.532. The van der Waals surface area contributed by atoms with Crippen molar-refractivity contribution in [1.82, 2.24) is 4.57 Å². The van der Waals surface area contributed by atoms with Gasteiger partial charge in [-0.3, -0.25) is 4.79 Å². The van der Waals surface area contributed by atoms with Crippen LogP contribution in [0.15, 0.2) is 48.5 Å². The van der Waals surface area contributed by atoms with E-state index in [4.69, 9.17) is 9.47 Å². The third-order valence-corrected chi connectivity index (χ3v) is 3.67. The van der Waals surface area contributed by atoms with Crippen molar-refractivity contribution < 1.29 is 14.3 Å². The first kappa shape index (κ1) is 14.6. The summed E-state index contributed by atoms with van der Waals surface area (Å²) in [5.74, 6) is -0.299. The normalized spacial score (nSPS) is 12.6. The third kappa shape index (κ3) is 2.70. The molecule has 2 aromatic carbocycles. The molecule has 4 heteroatoms. The van der Waals surface area contributed by atoms with Gasteiger partial charge in [0.25, 0.3) is 0 Å². The van der Waals surface area contributed by atoms with Crippen LogP contribution in [-0.4, -0.2) is 23.4 Å². The number of hydrogen-bond acceptors (Lipinski definition) is 3. The van der Waals surface area contributed by atoms with Gasteiger partial charge in [0.15, 0.2) is 6.29 Å². The third-order valence-electron chi connectivity index (χ3n) is 3.67. The molecule has 3 rings (SSSR count). The zero-order valence-electron chi connectivity index (χ0n) is 12.8. The lowest BCUT2D eigenvalue weighted by Gasteiger charge is -2.14. The second-order valence-electron chi connectivity index (χ2n) is 5.13. The summed E-state index contributed by atoms with van der Waals surface area (Å²) in [4.78, 5) is 12.2. The highest BCUT2D eigenvalue weighted by Crippen LogP contribution is 2.28. The van der Waals surface area contributed by atoms with E-state index in [1.165, 1.54) is 0 Å². The molecular formula is C18H19NO3. The highest BCUT2D eigenvalue weighted by atomic mass is 16.7. The lowest BCUT2D eigenvalue weighted by atomic mass is 10.2. The number of carbonyl (C=O) groups excluding carboxylic acids is 1. The Hall–Kier alpha value is -2.33. The Morgan fingerprint density at radius 1 is 1.05 bits per heavy atom. The van der Waals surface area contributed by atoms with E-state index in [0.717, 1.165) is 21.8 Å². The van der Waals surface area contributed by atoms with Gasteiger partial charge in [0.2, 0.25) is 0 Å². The number of esters is 1. The SMILES string of the molecule is CCOC(C)OC(=O)Cn1c2ccccc2c2ccccc21. The Bertz CT molecular complexity index is 753. The summed E-state index contributed by atoms with van der Waals surface area (Å²) < 4.78 is 12.5. The predicted octanol–water partition coefficient (Wildman–Crippen LogP) is 3.72. The lowest BCUT2D eigenvalue weighted by molar-refractivity contribution is -0.174. The topological polar surface area (TPSA) is 40.5 Å². The van der Waals surface area contributed by atoms with Crippen LogP contribution in [0.4, 0.5) is 0 Å². The number of benzene rings is 2. The Kier molecular flexibility index (Phi) is 4.11. The molecule has 4 nitrogen and oxygen atoms in total. The van der Waals surface area contributed by atoms with Crippen molar-refractivity contribution in [3.8, 4) is 0 Å². The average molecular weight is 297 g/mol. The summed E-state index contributed by atoms with van der Waals surface area (Å²) >= 11 is 0. The molecule has 0 radical (unpaired) electrons. The second kappa shape index (κ2) is 6.20. The largest absolute Gasteiger partial charge is 0.435 e. The average Bonchev–Trinajstić information content (AvgIpc) is 2.82. The molecule has 0 aliphatic carbocycles. The van der Waals surface area contributed by atoms with Crippen molar-refractivity contribution in [3.63, 3.8) is 0 Å². The van der Waals surface area contributed by atoms with Gasteiger partial charge in [-0.05, 0) is 26.0 Å². The fourth-order valence-electron chi connectivity index (χ4n) is 2.79. The molecule has 0 bridgehead atoms. The molecule has 114 valence electrons. The van der Waals surface area contributed by atoms with E-state index in [9.17, 15) is 4.79 Å². The Balaban J connectivity index is 1.97. The number of rotatable bonds is 5. The number of fused-ring (bicyclic) bond motifs is 3. The highest BCUT2D eigenvalue weighted by molar-refractivity contribution is 6.08. The molecule has 0 aliphatic rings. The van der Waals surface area contributed by atoms with Crippen LogP contribution in [0.1, 0.15) is 13.8 Å². The maximum Gasteiger partial charge on any atom is 0.328 e. The molecule has 1 unspecified atom stereocenters. The van der Waals surface area contributed by atoms with E-state index in [1.807, 2.05) is 47.9 Å². The molecule has 0 amide bonds. The number of para-hydroxylation sites is 2. The van der Waals surface area contributed by atoms with E-state index in [-0.39, 0.29) is 12.5 Å². The molecule has 0 aliphatic heterocycles. The summed E-state index contributed by atoms with van der Waals surface area (Å²) in [7, 11) is 0. The smallest absolute Gasteiger partial charge is 0.328 e. The van der Waals surface area contributed by atoms with Gasteiger partial charge in [-0.25, -0.2) is 0 Å². The molecule has 0 N–H and O–H groups in total. The maximum absolute atomic E-state index is 12.2. The molecule has 1 heterocycles. The van der Waals surface area contributed by atoms with Gasteiger partial charge >= 0.3 is 5.97 Å². The number of hydrogen-bond donors (Lipinski definition) is 0. The van der Waals surface area contributed by atoms with Crippen molar-refractivity contribution >= 4 is 27.8 Å². The van der Waals surface area contributed by atoms with Crippen molar-refractivity contribution in [2.45, 2.75) is 26.7 Å². The van der Waals surface area contributed by atoms with E-state index in [2.05, 4.69) is 12.1 Å². The number of aromatic nitrogens is 1. The second-order valence-corrected chi connectivity index (χ2v) is 5.13. The molecule has 0 fully saturated rings. The summed E-state index contributed by atoms with van der Waals surface area (Å²) in [6.45, 7) is 4.29. The lowest BCUT2D eigenvalue weighted by Crippen LogP contribution is -2.21. The first-order valence-corrected chi connectivity index (χ1v) is 7.47. The summed E-state index contributed by atoms with van der Waals surface area (Å²) in [5, 5.41) is 2.28. The molecule has 1 atom stereocenters. The van der Waals surface area contributed by atoms with E-state index >= 15 is 0 Å². The van der Waals surface area contributed by atoms with Gasteiger partial charge in [-0.1, -0.05) is 36.4 Å². The van der Waals surface area contributed by atoms with Crippen molar-refractivity contribution in [2.24, 2.45) is 0 Å². The zero-order valence-corrected chi connectivity index (χ0v) is 12.8. The van der Waals surface area contributed by atoms with Crippen molar-refractivity contribution in [2.75, 3.05) is 6.61 Å². The number of ether oxygens (including phenoxy) is 2. The van der Waals surface area contributed by atoms with Crippen molar-refractivity contribution in [3.05, 3.63) is 48.5 Å². The van der Waals surface area contributed by atoms with Crippen LogP contribution in [-0.2, 0) is 20.8 Å². The molecule has 3 aromatic rings. The van der Waals surface area contributed by atoms with E-state index < -0.39 is 6.29 Å². The molecular weight excluding hydrogens is 278 g/mol. The number of carbonyl (C=O) groups is 1. The monoisotopic (exact) mass is 297 g/mol. The summed E-state index contributed by atoms with van der Waals surface area (Å²) in [6.07, 6.45) is -0.523. The molecule has 0 saturated heterocycles. The van der Waals surface area contributed by atoms with Gasteiger partial charge in [-0.15, -0.1) is 0 Å². The predicted molar refractivity (Wildman–Crippen MR) is 86.6 cm³/mol. The Morgan fingerprint density at radius 2 is 1.59 bits per heavy atom. The van der Waals surface area contributed by atoms with Gasteiger partial charge in [0.05, 0.1) is 0 Å². The van der Waals surface area contributed by atoms with Crippen LogP contribution in [0.25, 0.3) is 21.8 Å². The van der Waals surface area contributed by atoms with E-state index in [0.29, 0.717) is 6.61 Å². The Labute approximate surface area is 129 Å². The van der Waals surface area contributed by atoms with Crippen LogP contribution in [0.2, 0.25) is 0 Å². The van der Waals surface area contributed by atoms with Crippen LogP contribution in [0.5, 0.6) is 0 Å². The maximum atomic E-state index is 12.2. The van der Waals surface area contributed by atoms with Gasteiger partial charge in [-0.2, -0.15) is 0 Å². The fourth-order valence-corrected chi connectivity index (χ4v) is 2.79. The standard InChI is InChI=1S/C18H19NO3/c1-3-21-13(2)22-18(20)12-19-16-10-6-4-8-14(16)15-9-5-7-11-17(15)19/h4-11,13H,3,12H2,1-2H3. The van der Waals surface area contributed by atoms with Gasteiger partial charge < -0.3 is 14.0 Å². The van der Waals surface area contributed by atoms with E-state index in [1.54, 1.807) is 6.92 Å². The summed E-state index contributed by atoms with van der Waals surface area (Å²) in [5.41, 5.74) is 2.06. The van der Waals surface area contributed by atoms with Gasteiger partial charge in [0.1, 0.15) is 6.54 Å². The molecule has 22 heavy (non-hydrogen) atoms. The zero-order chi connectivity index (χ0) is 15.5. The Morgan fingerprint density at radius 3 is 2.14 bits per heavy atom. The van der Waals surface area contributed by atoms with Crippen LogP contribution in [0.3, 0.4) is 0 Å². The summed E-state index contributed by atoms with van der Waals surface area (Å²) in [6, 6.07) is 16.2. The highest BCUT2D eigenvalue weighted by Gasteiger charge is 2.15. The minimum Gasteiger partial charge on any atom is -0.435 e. The first-order valence-electron chi connectivity index (χ1n) is 7.47. The van der Waals surface area contributed by atoms with Crippen LogP contribution in [0, 0.1) is 0 Å². The van der Waals surface area contributed by atoms with Crippen molar-refractivity contribution in [1.29, 1.82) is 0 Å². The fraction of sp³-hybridized carbons (Fsp3) is 0.278. The molecule has 0 spiro atoms. The minimum absolute atomic E-state index is 0.172. The number of nitrogens with zero attached hydrogens (tertiary/aromatic N) is 1. The van der Waals surface area contributed by atoms with Crippen LogP contribution >= 0.6 is 0 Å². The molecule has 0 saturated carbocycles. The molecule has 1 aromatic heterocycles. The first-order chi connectivity index (χ1) is 10.7. The van der Waals surface area contributed by atoms with Gasteiger partial charge in [0, 0.05) is 28.4 Å². The minimum atomic E-state index is -0.523.